The Labute approximate surface area is 129 Å². The fraction of sp³-hybridized carbons (Fsp3) is 0.500. The van der Waals surface area contributed by atoms with E-state index >= 15 is 0 Å². The van der Waals surface area contributed by atoms with Crippen LogP contribution in [-0.4, -0.2) is 11.9 Å². The Morgan fingerprint density at radius 2 is 2.14 bits per heavy atom. The lowest BCUT2D eigenvalue weighted by molar-refractivity contribution is 0.0917. The van der Waals surface area contributed by atoms with Gasteiger partial charge in [-0.25, -0.2) is 0 Å². The van der Waals surface area contributed by atoms with E-state index in [1.807, 2.05) is 23.6 Å². The Kier molecular flexibility index (Phi) is 3.26. The molecule has 0 unspecified atom stereocenters. The highest BCUT2D eigenvalue weighted by Crippen LogP contribution is 2.49. The van der Waals surface area contributed by atoms with Gasteiger partial charge in [-0.15, -0.1) is 11.3 Å². The number of hydrogen-bond acceptors (Lipinski definition) is 2. The standard InChI is InChI=1S/C18H21NOS/c1-11(15-9-12-6-7-13(15)8-12)19-18(20)16-10-21-17-5-3-2-4-14(16)17/h2-5,10-13,15H,6-9H2,1H3,(H,19,20)/t11-,12-,13-,15+/m1/s1. The number of carbonyl (C=O) groups excluding carboxylic acids is 1. The highest BCUT2D eigenvalue weighted by Gasteiger charge is 2.42. The predicted octanol–water partition coefficient (Wildman–Crippen LogP) is 4.46. The second-order valence-corrected chi connectivity index (χ2v) is 7.66. The van der Waals surface area contributed by atoms with Crippen LogP contribution in [0.4, 0.5) is 0 Å². The summed E-state index contributed by atoms with van der Waals surface area (Å²) in [7, 11) is 0. The number of amides is 1. The summed E-state index contributed by atoms with van der Waals surface area (Å²) in [5.41, 5.74) is 0.839. The summed E-state index contributed by atoms with van der Waals surface area (Å²) >= 11 is 1.65. The summed E-state index contributed by atoms with van der Waals surface area (Å²) in [4.78, 5) is 12.6. The van der Waals surface area contributed by atoms with Crippen LogP contribution in [0.15, 0.2) is 29.6 Å². The number of benzene rings is 1. The Morgan fingerprint density at radius 3 is 2.90 bits per heavy atom. The van der Waals surface area contributed by atoms with Crippen molar-refractivity contribution >= 4 is 27.3 Å². The summed E-state index contributed by atoms with van der Waals surface area (Å²) in [6.07, 6.45) is 5.50. The minimum Gasteiger partial charge on any atom is -0.349 e. The molecule has 4 atom stereocenters. The van der Waals surface area contributed by atoms with Crippen LogP contribution in [-0.2, 0) is 0 Å². The molecule has 1 amide bonds. The number of fused-ring (bicyclic) bond motifs is 3. The highest BCUT2D eigenvalue weighted by molar-refractivity contribution is 7.17. The van der Waals surface area contributed by atoms with Crippen LogP contribution in [0.3, 0.4) is 0 Å². The molecule has 110 valence electrons. The van der Waals surface area contributed by atoms with Crippen molar-refractivity contribution in [2.45, 2.75) is 38.6 Å². The van der Waals surface area contributed by atoms with Crippen LogP contribution in [0.2, 0.25) is 0 Å². The van der Waals surface area contributed by atoms with Crippen molar-refractivity contribution in [3.8, 4) is 0 Å². The van der Waals surface area contributed by atoms with Gasteiger partial charge in [-0.1, -0.05) is 24.6 Å². The van der Waals surface area contributed by atoms with Gasteiger partial charge in [0.05, 0.1) is 5.56 Å². The number of hydrogen-bond donors (Lipinski definition) is 1. The third-order valence-corrected chi connectivity index (χ3v) is 6.48. The smallest absolute Gasteiger partial charge is 0.252 e. The summed E-state index contributed by atoms with van der Waals surface area (Å²) in [5, 5.41) is 6.35. The zero-order chi connectivity index (χ0) is 14.4. The van der Waals surface area contributed by atoms with Crippen molar-refractivity contribution in [3.63, 3.8) is 0 Å². The summed E-state index contributed by atoms with van der Waals surface area (Å²) in [6.45, 7) is 2.19. The van der Waals surface area contributed by atoms with Gasteiger partial charge in [0.25, 0.3) is 5.91 Å². The van der Waals surface area contributed by atoms with Gasteiger partial charge in [0.15, 0.2) is 0 Å². The van der Waals surface area contributed by atoms with Crippen LogP contribution in [0, 0.1) is 17.8 Å². The molecule has 0 radical (unpaired) electrons. The molecule has 1 N–H and O–H groups in total. The third kappa shape index (κ3) is 2.28. The topological polar surface area (TPSA) is 29.1 Å². The molecule has 2 aromatic rings. The van der Waals surface area contributed by atoms with Gasteiger partial charge in [-0.05, 0) is 50.0 Å². The molecule has 0 spiro atoms. The minimum absolute atomic E-state index is 0.0997. The average Bonchev–Trinajstić information content (AvgIpc) is 3.21. The average molecular weight is 299 g/mol. The van der Waals surface area contributed by atoms with E-state index in [0.717, 1.165) is 22.8 Å². The van der Waals surface area contributed by atoms with Gasteiger partial charge in [-0.2, -0.15) is 0 Å². The van der Waals surface area contributed by atoms with Crippen molar-refractivity contribution in [2.24, 2.45) is 17.8 Å². The molecule has 1 aromatic carbocycles. The number of carbonyl (C=O) groups is 1. The molecule has 1 heterocycles. The molecule has 4 rings (SSSR count). The number of thiophene rings is 1. The second-order valence-electron chi connectivity index (χ2n) is 6.75. The Bertz CT molecular complexity index is 677. The zero-order valence-corrected chi connectivity index (χ0v) is 13.2. The molecule has 2 fully saturated rings. The van der Waals surface area contributed by atoms with Crippen LogP contribution in [0.5, 0.6) is 0 Å². The SMILES string of the molecule is C[C@@H](NC(=O)c1csc2ccccc12)[C@@H]1C[C@@H]2CC[C@@H]1C2. The lowest BCUT2D eigenvalue weighted by atomic mass is 9.84. The quantitative estimate of drug-likeness (QED) is 0.891. The normalized spacial score (nSPS) is 28.9. The Morgan fingerprint density at radius 1 is 1.29 bits per heavy atom. The first-order chi connectivity index (χ1) is 10.2. The van der Waals surface area contributed by atoms with E-state index < -0.39 is 0 Å². The van der Waals surface area contributed by atoms with Crippen LogP contribution >= 0.6 is 11.3 Å². The summed E-state index contributed by atoms with van der Waals surface area (Å²) in [6, 6.07) is 8.45. The van der Waals surface area contributed by atoms with Crippen molar-refractivity contribution in [1.29, 1.82) is 0 Å². The van der Waals surface area contributed by atoms with E-state index in [1.54, 1.807) is 11.3 Å². The van der Waals surface area contributed by atoms with E-state index in [1.165, 1.54) is 30.4 Å². The third-order valence-electron chi connectivity index (χ3n) is 5.52. The molecule has 2 aliphatic rings. The predicted molar refractivity (Wildman–Crippen MR) is 87.7 cm³/mol. The van der Waals surface area contributed by atoms with E-state index in [9.17, 15) is 4.79 Å². The second kappa shape index (κ2) is 5.13. The number of nitrogens with one attached hydrogen (secondary N) is 1. The number of rotatable bonds is 3. The van der Waals surface area contributed by atoms with E-state index in [-0.39, 0.29) is 5.91 Å². The molecule has 2 saturated carbocycles. The molecule has 21 heavy (non-hydrogen) atoms. The summed E-state index contributed by atoms with van der Waals surface area (Å²) < 4.78 is 1.19. The molecular weight excluding hydrogens is 278 g/mol. The zero-order valence-electron chi connectivity index (χ0n) is 12.3. The largest absolute Gasteiger partial charge is 0.349 e. The molecule has 2 nitrogen and oxygen atoms in total. The Hall–Kier alpha value is -1.35. The van der Waals surface area contributed by atoms with Gasteiger partial charge >= 0.3 is 0 Å². The van der Waals surface area contributed by atoms with Gasteiger partial charge in [0.1, 0.15) is 0 Å². The van der Waals surface area contributed by atoms with E-state index in [4.69, 9.17) is 0 Å². The first kappa shape index (κ1) is 13.3. The first-order valence-corrected chi connectivity index (χ1v) is 8.87. The van der Waals surface area contributed by atoms with Gasteiger partial charge < -0.3 is 5.32 Å². The molecule has 1 aromatic heterocycles. The van der Waals surface area contributed by atoms with Gasteiger partial charge in [0.2, 0.25) is 0 Å². The highest BCUT2D eigenvalue weighted by atomic mass is 32.1. The maximum Gasteiger partial charge on any atom is 0.252 e. The lowest BCUT2D eigenvalue weighted by Crippen LogP contribution is -2.40. The fourth-order valence-corrected chi connectivity index (χ4v) is 5.39. The van der Waals surface area contributed by atoms with Gasteiger partial charge in [0, 0.05) is 21.5 Å². The Balaban J connectivity index is 1.50. The summed E-state index contributed by atoms with van der Waals surface area (Å²) in [5.74, 6) is 2.58. The van der Waals surface area contributed by atoms with Crippen LogP contribution in [0.1, 0.15) is 43.0 Å². The molecule has 3 heteroatoms. The van der Waals surface area contributed by atoms with E-state index in [0.29, 0.717) is 12.0 Å². The van der Waals surface area contributed by atoms with Gasteiger partial charge in [-0.3, -0.25) is 4.79 Å². The maximum absolute atomic E-state index is 12.6. The molecule has 2 aliphatic carbocycles. The van der Waals surface area contributed by atoms with E-state index in [2.05, 4.69) is 18.3 Å². The van der Waals surface area contributed by atoms with Crippen molar-refractivity contribution in [1.82, 2.24) is 5.32 Å². The lowest BCUT2D eigenvalue weighted by Gasteiger charge is -2.28. The van der Waals surface area contributed by atoms with Crippen molar-refractivity contribution in [3.05, 3.63) is 35.2 Å². The van der Waals surface area contributed by atoms with Crippen LogP contribution < -0.4 is 5.32 Å². The molecular formula is C18H21NOS. The van der Waals surface area contributed by atoms with Crippen LogP contribution in [0.25, 0.3) is 10.1 Å². The van der Waals surface area contributed by atoms with Crippen molar-refractivity contribution < 1.29 is 4.79 Å². The molecule has 2 bridgehead atoms. The fourth-order valence-electron chi connectivity index (χ4n) is 4.45. The minimum atomic E-state index is 0.0997. The molecule has 0 aliphatic heterocycles. The molecule has 0 saturated heterocycles. The maximum atomic E-state index is 12.6. The van der Waals surface area contributed by atoms with Crippen molar-refractivity contribution in [2.75, 3.05) is 0 Å². The monoisotopic (exact) mass is 299 g/mol. The first-order valence-electron chi connectivity index (χ1n) is 7.99.